The number of sulfonamides is 1. The maximum Gasteiger partial charge on any atom is 0.264 e. The first-order valence-electron chi connectivity index (χ1n) is 14.4. The molecule has 0 aliphatic heterocycles. The molecule has 0 radical (unpaired) electrons. The Morgan fingerprint density at radius 1 is 0.837 bits per heavy atom. The number of hydrogen-bond donors (Lipinski definition) is 1. The minimum atomic E-state index is -4.21. The van der Waals surface area contributed by atoms with Crippen molar-refractivity contribution in [2.24, 2.45) is 0 Å². The number of nitrogens with one attached hydrogen (secondary N) is 1. The summed E-state index contributed by atoms with van der Waals surface area (Å²) in [7, 11) is -1.27. The molecule has 3 aromatic carbocycles. The highest BCUT2D eigenvalue weighted by Gasteiger charge is 2.34. The summed E-state index contributed by atoms with van der Waals surface area (Å²) in [5.74, 6) is -0.0694. The number of ether oxygens (including phenoxy) is 2. The Morgan fingerprint density at radius 3 is 1.95 bits per heavy atom. The molecule has 232 valence electrons. The van der Waals surface area contributed by atoms with Gasteiger partial charge in [0.05, 0.1) is 24.8 Å². The fraction of sp³-hybridized carbons (Fsp3) is 0.394. The second-order valence-corrected chi connectivity index (χ2v) is 12.5. The van der Waals surface area contributed by atoms with Crippen LogP contribution in [0.15, 0.2) is 71.6 Å². The van der Waals surface area contributed by atoms with Gasteiger partial charge in [-0.3, -0.25) is 13.9 Å². The van der Waals surface area contributed by atoms with E-state index in [2.05, 4.69) is 5.32 Å². The number of anilines is 1. The Labute approximate surface area is 255 Å². The lowest BCUT2D eigenvalue weighted by atomic mass is 10.1. The molecule has 3 rings (SSSR count). The molecule has 1 N–H and O–H groups in total. The molecule has 43 heavy (non-hydrogen) atoms. The van der Waals surface area contributed by atoms with Crippen molar-refractivity contribution < 1.29 is 27.5 Å². The molecule has 0 bridgehead atoms. The molecule has 10 heteroatoms. The van der Waals surface area contributed by atoms with E-state index in [1.807, 2.05) is 58.9 Å². The van der Waals surface area contributed by atoms with E-state index in [0.717, 1.165) is 27.4 Å². The van der Waals surface area contributed by atoms with E-state index in [1.54, 1.807) is 24.3 Å². The number of carbonyl (C=O) groups excluding carboxylic acids is 2. The van der Waals surface area contributed by atoms with Crippen LogP contribution in [0.3, 0.4) is 0 Å². The summed E-state index contributed by atoms with van der Waals surface area (Å²) in [6, 6.07) is 17.9. The maximum atomic E-state index is 14.3. The van der Waals surface area contributed by atoms with Gasteiger partial charge < -0.3 is 19.7 Å². The lowest BCUT2D eigenvalue weighted by Crippen LogP contribution is -2.53. The van der Waals surface area contributed by atoms with Gasteiger partial charge in [-0.15, -0.1) is 0 Å². The summed E-state index contributed by atoms with van der Waals surface area (Å²) in [5.41, 5.74) is 3.01. The zero-order chi connectivity index (χ0) is 31.7. The first-order chi connectivity index (χ1) is 20.4. The van der Waals surface area contributed by atoms with Crippen molar-refractivity contribution in [3.63, 3.8) is 0 Å². The van der Waals surface area contributed by atoms with E-state index in [4.69, 9.17) is 9.47 Å². The third-order valence-electron chi connectivity index (χ3n) is 7.40. The molecule has 3 aromatic rings. The molecule has 0 fully saturated rings. The summed E-state index contributed by atoms with van der Waals surface area (Å²) >= 11 is 0. The van der Waals surface area contributed by atoms with Crippen LogP contribution in [0.4, 0.5) is 5.69 Å². The van der Waals surface area contributed by atoms with Crippen LogP contribution < -0.4 is 19.1 Å². The van der Waals surface area contributed by atoms with E-state index >= 15 is 0 Å². The van der Waals surface area contributed by atoms with Gasteiger partial charge in [-0.05, 0) is 63.4 Å². The number of methoxy groups -OCH3 is 2. The zero-order valence-electron chi connectivity index (χ0n) is 26.1. The number of carbonyl (C=O) groups is 2. The third-order valence-corrected chi connectivity index (χ3v) is 9.19. The van der Waals surface area contributed by atoms with Crippen LogP contribution in [0, 0.1) is 13.8 Å². The Kier molecular flexibility index (Phi) is 11.6. The van der Waals surface area contributed by atoms with Crippen molar-refractivity contribution in [2.75, 3.05) is 25.1 Å². The lowest BCUT2D eigenvalue weighted by Gasteiger charge is -2.34. The topological polar surface area (TPSA) is 105 Å². The van der Waals surface area contributed by atoms with Crippen LogP contribution in [0.1, 0.15) is 50.3 Å². The van der Waals surface area contributed by atoms with Gasteiger partial charge in [-0.1, -0.05) is 61.4 Å². The average Bonchev–Trinajstić information content (AvgIpc) is 3.00. The second kappa shape index (κ2) is 14.9. The van der Waals surface area contributed by atoms with Gasteiger partial charge in [0.15, 0.2) is 11.5 Å². The Morgan fingerprint density at radius 2 is 1.42 bits per heavy atom. The summed E-state index contributed by atoms with van der Waals surface area (Å²) in [5, 5.41) is 2.99. The van der Waals surface area contributed by atoms with Gasteiger partial charge in [0.25, 0.3) is 10.0 Å². The Hall–Kier alpha value is -4.05. The molecular formula is C33H43N3O6S. The van der Waals surface area contributed by atoms with Gasteiger partial charge in [0, 0.05) is 18.7 Å². The fourth-order valence-corrected chi connectivity index (χ4v) is 6.00. The Bertz CT molecular complexity index is 1490. The van der Waals surface area contributed by atoms with Crippen LogP contribution in [0.25, 0.3) is 0 Å². The molecule has 2 atom stereocenters. The summed E-state index contributed by atoms with van der Waals surface area (Å²) in [4.78, 5) is 29.2. The molecule has 0 aliphatic carbocycles. The largest absolute Gasteiger partial charge is 0.493 e. The number of rotatable bonds is 14. The van der Waals surface area contributed by atoms with Crippen molar-refractivity contribution in [1.29, 1.82) is 0 Å². The van der Waals surface area contributed by atoms with Gasteiger partial charge in [0.1, 0.15) is 12.6 Å². The first kappa shape index (κ1) is 33.5. The monoisotopic (exact) mass is 609 g/mol. The second-order valence-electron chi connectivity index (χ2n) is 10.6. The smallest absolute Gasteiger partial charge is 0.264 e. The third kappa shape index (κ3) is 8.28. The number of aryl methyl sites for hydroxylation is 2. The molecule has 0 aliphatic rings. The minimum absolute atomic E-state index is 0.0346. The highest BCUT2D eigenvalue weighted by molar-refractivity contribution is 7.92. The minimum Gasteiger partial charge on any atom is -0.493 e. The lowest BCUT2D eigenvalue weighted by molar-refractivity contribution is -0.140. The average molecular weight is 610 g/mol. The molecule has 0 aromatic heterocycles. The summed E-state index contributed by atoms with van der Waals surface area (Å²) in [6.45, 7) is 9.15. The number of amides is 2. The van der Waals surface area contributed by atoms with Crippen LogP contribution in [-0.2, 0) is 26.2 Å². The molecule has 0 spiro atoms. The van der Waals surface area contributed by atoms with Crippen LogP contribution in [0.5, 0.6) is 11.5 Å². The van der Waals surface area contributed by atoms with E-state index < -0.39 is 28.5 Å². The fourth-order valence-electron chi connectivity index (χ4n) is 4.60. The first-order valence-corrected chi connectivity index (χ1v) is 15.9. The van der Waals surface area contributed by atoms with Crippen molar-refractivity contribution in [3.05, 3.63) is 83.4 Å². The van der Waals surface area contributed by atoms with E-state index in [0.29, 0.717) is 17.9 Å². The van der Waals surface area contributed by atoms with Crippen LogP contribution >= 0.6 is 0 Å². The molecule has 0 saturated carbocycles. The molecule has 0 saturated heterocycles. The number of hydrogen-bond acceptors (Lipinski definition) is 6. The van der Waals surface area contributed by atoms with Gasteiger partial charge >= 0.3 is 0 Å². The molecular weight excluding hydrogens is 566 g/mol. The van der Waals surface area contributed by atoms with Crippen molar-refractivity contribution in [2.45, 2.75) is 71.0 Å². The predicted octanol–water partition coefficient (Wildman–Crippen LogP) is 5.24. The van der Waals surface area contributed by atoms with Crippen LogP contribution in [-0.4, -0.2) is 58.0 Å². The van der Waals surface area contributed by atoms with Gasteiger partial charge in [-0.25, -0.2) is 8.42 Å². The summed E-state index contributed by atoms with van der Waals surface area (Å²) in [6.07, 6.45) is 1.08. The molecule has 0 heterocycles. The van der Waals surface area contributed by atoms with Crippen molar-refractivity contribution >= 4 is 27.5 Å². The van der Waals surface area contributed by atoms with Gasteiger partial charge in [-0.2, -0.15) is 0 Å². The van der Waals surface area contributed by atoms with Crippen molar-refractivity contribution in [1.82, 2.24) is 10.2 Å². The van der Waals surface area contributed by atoms with Gasteiger partial charge in [0.2, 0.25) is 11.8 Å². The number of nitrogens with zero attached hydrogens (tertiary/aromatic N) is 2. The summed E-state index contributed by atoms with van der Waals surface area (Å²) < 4.78 is 40.1. The normalized spacial score (nSPS) is 12.6. The van der Waals surface area contributed by atoms with Crippen molar-refractivity contribution in [3.8, 4) is 11.5 Å². The maximum absolute atomic E-state index is 14.3. The molecule has 9 nitrogen and oxygen atoms in total. The van der Waals surface area contributed by atoms with E-state index in [-0.39, 0.29) is 29.1 Å². The molecule has 0 unspecified atom stereocenters. The van der Waals surface area contributed by atoms with E-state index in [1.165, 1.54) is 37.3 Å². The SMILES string of the molecule is CC[C@@H](C)NC(=O)[C@H](CC)N(Cc1ccc(C)cc1)C(=O)CN(c1ccc(OC)c(OC)c1)S(=O)(=O)c1ccc(C)cc1. The number of benzene rings is 3. The highest BCUT2D eigenvalue weighted by atomic mass is 32.2. The highest BCUT2D eigenvalue weighted by Crippen LogP contribution is 2.34. The van der Waals surface area contributed by atoms with Crippen LogP contribution in [0.2, 0.25) is 0 Å². The van der Waals surface area contributed by atoms with E-state index in [9.17, 15) is 18.0 Å². The Balaban J connectivity index is 2.11. The standard InChI is InChI=1S/C33H43N3O6S/c1-8-25(5)34-33(38)29(9-2)35(21-26-14-10-23(3)11-15-26)32(37)22-36(27-16-19-30(41-6)31(20-27)42-7)43(39,40)28-17-12-24(4)13-18-28/h10-20,25,29H,8-9,21-22H2,1-7H3,(H,34,38)/t25-,29+/m1/s1. The zero-order valence-corrected chi connectivity index (χ0v) is 26.9. The molecule has 2 amide bonds. The quantitative estimate of drug-likeness (QED) is 0.268. The predicted molar refractivity (Wildman–Crippen MR) is 169 cm³/mol.